The van der Waals surface area contributed by atoms with E-state index < -0.39 is 0 Å². The van der Waals surface area contributed by atoms with Crippen LogP contribution in [0, 0.1) is 0 Å². The Balaban J connectivity index is 1.17. The van der Waals surface area contributed by atoms with Gasteiger partial charge in [-0.3, -0.25) is 4.99 Å². The number of hydrogen-bond donors (Lipinski definition) is 2. The summed E-state index contributed by atoms with van der Waals surface area (Å²) in [4.78, 5) is 13.6. The Morgan fingerprint density at radius 2 is 1.21 bits per heavy atom. The van der Waals surface area contributed by atoms with E-state index in [0.29, 0.717) is 0 Å². The van der Waals surface area contributed by atoms with Gasteiger partial charge in [0, 0.05) is 34.5 Å². The van der Waals surface area contributed by atoms with Crippen LogP contribution in [0.4, 0.5) is 0 Å². The summed E-state index contributed by atoms with van der Waals surface area (Å²) in [5.74, 6) is 0.738. The number of hydrogen-bond acceptors (Lipinski definition) is 3. The maximum Gasteiger partial charge on any atom is 0.0810 e. The second kappa shape index (κ2) is 10.2. The molecule has 2 atom stereocenters. The zero-order valence-electron chi connectivity index (χ0n) is 25.4. The molecule has 0 bridgehead atoms. The Kier molecular flexibility index (Phi) is 5.71. The molecule has 3 heterocycles. The lowest BCUT2D eigenvalue weighted by Gasteiger charge is -2.41. The third-order valence-corrected chi connectivity index (χ3v) is 9.62. The standard InChI is InChI=1S/C42H28N5/c1-3-13-28-25(10-1)22-35(32-17-7-5-15-30(28)32)40-45-41(36-23-26-11-2-4-14-29(26)31-16-6-8-18-33(31)36)47-42(46-40)38-21-20-37(44-38)34-19-9-12-27-24-43-39(27)34/h1-24,40,42,44,46H/q-1. The highest BCUT2D eigenvalue weighted by Gasteiger charge is 2.23. The fraction of sp³-hybridized carbons (Fsp3) is 0.0476. The van der Waals surface area contributed by atoms with E-state index >= 15 is 0 Å². The first-order valence-electron chi connectivity index (χ1n) is 16.0. The van der Waals surface area contributed by atoms with Gasteiger partial charge in [-0.15, -0.1) is 0 Å². The summed E-state index contributed by atoms with van der Waals surface area (Å²) < 4.78 is 0. The van der Waals surface area contributed by atoms with Crippen molar-refractivity contribution in [1.29, 1.82) is 0 Å². The van der Waals surface area contributed by atoms with Gasteiger partial charge in [-0.2, -0.15) is 0 Å². The number of H-pyrrole nitrogens is 1. The summed E-state index contributed by atoms with van der Waals surface area (Å²) in [6.45, 7) is 0. The summed E-state index contributed by atoms with van der Waals surface area (Å²) in [6, 6.07) is 49.5. The zero-order valence-corrected chi connectivity index (χ0v) is 25.4. The minimum atomic E-state index is -0.352. The van der Waals surface area contributed by atoms with Crippen molar-refractivity contribution in [2.45, 2.75) is 12.3 Å². The average molecular weight is 603 g/mol. The molecule has 10 rings (SSSR count). The first-order valence-corrected chi connectivity index (χ1v) is 16.0. The fourth-order valence-electron chi connectivity index (χ4n) is 7.33. The van der Waals surface area contributed by atoms with Crippen LogP contribution in [-0.2, 0) is 0 Å². The predicted octanol–water partition coefficient (Wildman–Crippen LogP) is 8.79. The smallest absolute Gasteiger partial charge is 0.0810 e. The number of aromatic nitrogens is 1. The molecule has 0 saturated carbocycles. The summed E-state index contributed by atoms with van der Waals surface area (Å²) in [7, 11) is 0. The Morgan fingerprint density at radius 1 is 0.553 bits per heavy atom. The lowest BCUT2D eigenvalue weighted by atomic mass is 9.94. The minimum Gasteiger partial charge on any atom is -0.445 e. The summed E-state index contributed by atoms with van der Waals surface area (Å²) in [6.07, 6.45) is 1.23. The second-order valence-corrected chi connectivity index (χ2v) is 12.3. The molecule has 0 saturated heterocycles. The molecule has 0 amide bonds. The quantitative estimate of drug-likeness (QED) is 0.194. The molecule has 0 fully saturated rings. The topological polar surface area (TPSA) is 66.6 Å². The van der Waals surface area contributed by atoms with E-state index in [0.717, 1.165) is 44.7 Å². The van der Waals surface area contributed by atoms with E-state index in [2.05, 4.69) is 155 Å². The molecule has 0 spiro atoms. The first kappa shape index (κ1) is 26.2. The number of aromatic amines is 1. The molecule has 0 aliphatic carbocycles. The number of amidine groups is 1. The van der Waals surface area contributed by atoms with E-state index in [1.54, 1.807) is 0 Å². The molecule has 2 unspecified atom stereocenters. The van der Waals surface area contributed by atoms with E-state index in [9.17, 15) is 0 Å². The normalized spacial score (nSPS) is 17.1. The van der Waals surface area contributed by atoms with E-state index in [4.69, 9.17) is 10.3 Å². The molecule has 2 N–H and O–H groups in total. The summed E-state index contributed by atoms with van der Waals surface area (Å²) >= 11 is 0. The van der Waals surface area contributed by atoms with Crippen molar-refractivity contribution in [1.82, 2.24) is 10.3 Å². The molecular weight excluding hydrogens is 574 g/mol. The van der Waals surface area contributed by atoms with Gasteiger partial charge < -0.3 is 20.6 Å². The molecule has 5 nitrogen and oxygen atoms in total. The van der Waals surface area contributed by atoms with Crippen LogP contribution in [-0.4, -0.2) is 10.8 Å². The third kappa shape index (κ3) is 4.14. The van der Waals surface area contributed by atoms with Crippen LogP contribution < -0.4 is 15.9 Å². The van der Waals surface area contributed by atoms with E-state index in [1.165, 1.54) is 42.9 Å². The lowest BCUT2D eigenvalue weighted by Crippen LogP contribution is -2.33. The van der Waals surface area contributed by atoms with Gasteiger partial charge in [0.2, 0.25) is 0 Å². The lowest BCUT2D eigenvalue weighted by molar-refractivity contribution is 0.483. The number of para-hydroxylation sites is 1. The minimum absolute atomic E-state index is 0.332. The van der Waals surface area contributed by atoms with Crippen molar-refractivity contribution in [2.75, 3.05) is 0 Å². The van der Waals surface area contributed by atoms with Crippen LogP contribution in [0.25, 0.3) is 65.9 Å². The molecule has 7 aromatic carbocycles. The molecule has 1 aromatic heterocycles. The molecule has 5 heteroatoms. The van der Waals surface area contributed by atoms with Crippen LogP contribution >= 0.6 is 0 Å². The SMILES string of the molecule is C1=c2cccc(-c3ccc(C4N=C(c5cc6ccccc6c6ccccc56)[N-]C(c5cc6ccccc6c6ccccc56)N4)[nH]3)c2=N1. The molecule has 8 aromatic rings. The molecule has 222 valence electrons. The average Bonchev–Trinajstić information content (AvgIpc) is 3.62. The van der Waals surface area contributed by atoms with Gasteiger partial charge in [0.05, 0.1) is 11.5 Å². The van der Waals surface area contributed by atoms with Gasteiger partial charge in [0.25, 0.3) is 0 Å². The third-order valence-electron chi connectivity index (χ3n) is 9.62. The Labute approximate surface area is 270 Å². The van der Waals surface area contributed by atoms with Crippen molar-refractivity contribution in [2.24, 2.45) is 9.98 Å². The van der Waals surface area contributed by atoms with Crippen LogP contribution in [0.15, 0.2) is 150 Å². The van der Waals surface area contributed by atoms with Crippen LogP contribution in [0.5, 0.6) is 0 Å². The van der Waals surface area contributed by atoms with Crippen molar-refractivity contribution in [3.05, 3.63) is 172 Å². The Morgan fingerprint density at radius 3 is 1.96 bits per heavy atom. The fourth-order valence-corrected chi connectivity index (χ4v) is 7.33. The van der Waals surface area contributed by atoms with Crippen molar-refractivity contribution >= 4 is 55.1 Å². The maximum absolute atomic E-state index is 5.42. The maximum atomic E-state index is 5.42. The van der Waals surface area contributed by atoms with Crippen LogP contribution in [0.3, 0.4) is 0 Å². The number of aliphatic imine (C=N–C) groups is 1. The monoisotopic (exact) mass is 602 g/mol. The number of benzene rings is 7. The van der Waals surface area contributed by atoms with Gasteiger partial charge in [-0.05, 0) is 78.5 Å². The molecule has 2 aliphatic heterocycles. The Bertz CT molecular complexity index is 2720. The van der Waals surface area contributed by atoms with E-state index in [1.807, 2.05) is 6.20 Å². The number of nitrogens with zero attached hydrogens (tertiary/aromatic N) is 3. The van der Waals surface area contributed by atoms with Crippen molar-refractivity contribution in [3.63, 3.8) is 0 Å². The number of nitrogens with one attached hydrogen (secondary N) is 2. The highest BCUT2D eigenvalue weighted by atomic mass is 15.3. The summed E-state index contributed by atoms with van der Waals surface area (Å²) in [5.41, 5.74) is 5.27. The highest BCUT2D eigenvalue weighted by molar-refractivity contribution is 6.22. The van der Waals surface area contributed by atoms with E-state index in [-0.39, 0.29) is 12.3 Å². The van der Waals surface area contributed by atoms with Gasteiger partial charge in [0.1, 0.15) is 0 Å². The molecule has 0 radical (unpaired) electrons. The van der Waals surface area contributed by atoms with Gasteiger partial charge in [-0.25, -0.2) is 0 Å². The van der Waals surface area contributed by atoms with Crippen LogP contribution in [0.2, 0.25) is 0 Å². The molecule has 47 heavy (non-hydrogen) atoms. The molecular formula is C42H28N5-. The van der Waals surface area contributed by atoms with Gasteiger partial charge >= 0.3 is 0 Å². The Hall–Kier alpha value is -6.04. The highest BCUT2D eigenvalue weighted by Crippen LogP contribution is 2.40. The first-order chi connectivity index (χ1) is 23.3. The summed E-state index contributed by atoms with van der Waals surface area (Å²) in [5, 5.41) is 21.0. The number of fused-ring (bicyclic) bond motifs is 7. The predicted molar refractivity (Wildman–Crippen MR) is 193 cm³/mol. The molecule has 2 aliphatic rings. The van der Waals surface area contributed by atoms with Crippen LogP contribution in [0.1, 0.15) is 29.2 Å². The largest absolute Gasteiger partial charge is 0.445 e. The number of rotatable bonds is 4. The van der Waals surface area contributed by atoms with Crippen molar-refractivity contribution in [3.8, 4) is 11.3 Å². The van der Waals surface area contributed by atoms with Gasteiger partial charge in [0.15, 0.2) is 0 Å². The van der Waals surface area contributed by atoms with Gasteiger partial charge in [-0.1, -0.05) is 121 Å². The zero-order chi connectivity index (χ0) is 30.9. The van der Waals surface area contributed by atoms with Crippen molar-refractivity contribution < 1.29 is 0 Å². The second-order valence-electron chi connectivity index (χ2n) is 12.3.